The fourth-order valence-electron chi connectivity index (χ4n) is 0.373. The number of terminal acetylenes is 1. The average Bonchev–Trinajstić information content (AvgIpc) is 1.67. The van der Waals surface area contributed by atoms with Gasteiger partial charge in [0.1, 0.15) is 5.60 Å². The lowest BCUT2D eigenvalue weighted by atomic mass is 10.1. The lowest BCUT2D eigenvalue weighted by Crippen LogP contribution is -2.16. The van der Waals surface area contributed by atoms with Gasteiger partial charge in [-0.15, -0.1) is 6.42 Å². The quantitative estimate of drug-likeness (QED) is 0.393. The van der Waals surface area contributed by atoms with Gasteiger partial charge in [0, 0.05) is 0 Å². The van der Waals surface area contributed by atoms with E-state index in [1.807, 2.05) is 6.92 Å². The molecule has 1 nitrogen and oxygen atoms in total. The lowest BCUT2D eigenvalue weighted by Gasteiger charge is -2.07. The number of rotatable bonds is 1. The van der Waals surface area contributed by atoms with Crippen LogP contribution < -0.4 is 0 Å². The first-order chi connectivity index (χ1) is 3.62. The van der Waals surface area contributed by atoms with Gasteiger partial charge in [-0.3, -0.25) is 0 Å². The van der Waals surface area contributed by atoms with Gasteiger partial charge in [-0.05, 0) is 19.9 Å². The molecule has 0 rings (SSSR count). The predicted octanol–water partition coefficient (Wildman–Crippen LogP) is 0.947. The van der Waals surface area contributed by atoms with Gasteiger partial charge >= 0.3 is 0 Å². The van der Waals surface area contributed by atoms with Crippen molar-refractivity contribution in [2.24, 2.45) is 0 Å². The average molecular weight is 110 g/mol. The second-order valence-electron chi connectivity index (χ2n) is 1.79. The smallest absolute Gasteiger partial charge is 0.141 e. The van der Waals surface area contributed by atoms with Gasteiger partial charge in [0.05, 0.1) is 0 Å². The van der Waals surface area contributed by atoms with Crippen LogP contribution in [0.15, 0.2) is 12.2 Å². The Morgan fingerprint density at radius 2 is 2.25 bits per heavy atom. The van der Waals surface area contributed by atoms with E-state index in [0.29, 0.717) is 0 Å². The van der Waals surface area contributed by atoms with Crippen molar-refractivity contribution in [3.05, 3.63) is 12.2 Å². The van der Waals surface area contributed by atoms with Crippen molar-refractivity contribution >= 4 is 0 Å². The normalized spacial score (nSPS) is 17.8. The SMILES string of the molecule is C#CC(C)(O)/C=C/C. The van der Waals surface area contributed by atoms with E-state index in [9.17, 15) is 0 Å². The van der Waals surface area contributed by atoms with Crippen LogP contribution in [0, 0.1) is 12.3 Å². The Labute approximate surface area is 50.0 Å². The molecule has 1 N–H and O–H groups in total. The molecule has 0 spiro atoms. The summed E-state index contributed by atoms with van der Waals surface area (Å²) in [6.07, 6.45) is 8.23. The maximum Gasteiger partial charge on any atom is 0.141 e. The van der Waals surface area contributed by atoms with Crippen LogP contribution in [0.1, 0.15) is 13.8 Å². The van der Waals surface area contributed by atoms with E-state index in [1.54, 1.807) is 19.1 Å². The second-order valence-corrected chi connectivity index (χ2v) is 1.79. The molecule has 1 atom stereocenters. The molecule has 1 unspecified atom stereocenters. The van der Waals surface area contributed by atoms with Crippen LogP contribution in [0.3, 0.4) is 0 Å². The molecule has 0 aromatic heterocycles. The zero-order valence-electron chi connectivity index (χ0n) is 5.18. The highest BCUT2D eigenvalue weighted by molar-refractivity contribution is 5.15. The molecule has 0 aliphatic heterocycles. The van der Waals surface area contributed by atoms with Crippen LogP contribution in [0.4, 0.5) is 0 Å². The fourth-order valence-corrected chi connectivity index (χ4v) is 0.373. The van der Waals surface area contributed by atoms with Crippen molar-refractivity contribution in [1.29, 1.82) is 0 Å². The molecular weight excluding hydrogens is 100 g/mol. The predicted molar refractivity (Wildman–Crippen MR) is 34.3 cm³/mol. The van der Waals surface area contributed by atoms with Crippen molar-refractivity contribution in [3.8, 4) is 12.3 Å². The first kappa shape index (κ1) is 7.26. The Bertz CT molecular complexity index is 126. The van der Waals surface area contributed by atoms with E-state index in [4.69, 9.17) is 11.5 Å². The summed E-state index contributed by atoms with van der Waals surface area (Å²) >= 11 is 0. The molecule has 0 fully saturated rings. The highest BCUT2D eigenvalue weighted by Crippen LogP contribution is 2.00. The zero-order chi connectivity index (χ0) is 6.62. The minimum Gasteiger partial charge on any atom is -0.374 e. The Balaban J connectivity index is 3.97. The Morgan fingerprint density at radius 3 is 2.38 bits per heavy atom. The van der Waals surface area contributed by atoms with E-state index in [2.05, 4.69) is 5.92 Å². The lowest BCUT2D eigenvalue weighted by molar-refractivity contribution is 0.174. The largest absolute Gasteiger partial charge is 0.374 e. The summed E-state index contributed by atoms with van der Waals surface area (Å²) in [5.41, 5.74) is -1.06. The molecule has 0 aromatic rings. The van der Waals surface area contributed by atoms with Crippen LogP contribution in [-0.2, 0) is 0 Å². The summed E-state index contributed by atoms with van der Waals surface area (Å²) in [5.74, 6) is 2.21. The summed E-state index contributed by atoms with van der Waals surface area (Å²) in [6.45, 7) is 3.37. The fraction of sp³-hybridized carbons (Fsp3) is 0.429. The molecule has 8 heavy (non-hydrogen) atoms. The van der Waals surface area contributed by atoms with Gasteiger partial charge in [-0.2, -0.15) is 0 Å². The monoisotopic (exact) mass is 110 g/mol. The second kappa shape index (κ2) is 2.54. The van der Waals surface area contributed by atoms with Crippen molar-refractivity contribution < 1.29 is 5.11 Å². The molecule has 0 saturated heterocycles. The standard InChI is InChI=1S/C7H10O/c1-4-6-7(3,8)5-2/h2,4,6,8H,1,3H3/b6-4+. The van der Waals surface area contributed by atoms with Crippen molar-refractivity contribution in [2.75, 3.05) is 0 Å². The maximum absolute atomic E-state index is 9.00. The third-order valence-electron chi connectivity index (χ3n) is 0.783. The molecule has 0 aliphatic carbocycles. The summed E-state index contributed by atoms with van der Waals surface area (Å²) in [4.78, 5) is 0. The van der Waals surface area contributed by atoms with Crippen LogP contribution in [0.2, 0.25) is 0 Å². The molecule has 0 aliphatic rings. The van der Waals surface area contributed by atoms with Crippen molar-refractivity contribution in [2.45, 2.75) is 19.4 Å². The molecular formula is C7H10O. The Hall–Kier alpha value is -0.740. The van der Waals surface area contributed by atoms with Gasteiger partial charge in [0.25, 0.3) is 0 Å². The van der Waals surface area contributed by atoms with Crippen LogP contribution in [0.25, 0.3) is 0 Å². The number of allylic oxidation sites excluding steroid dienone is 1. The first-order valence-corrected chi connectivity index (χ1v) is 2.46. The molecule has 0 bridgehead atoms. The summed E-state index contributed by atoms with van der Waals surface area (Å²) in [6, 6.07) is 0. The van der Waals surface area contributed by atoms with Gasteiger partial charge in [0.15, 0.2) is 0 Å². The van der Waals surface area contributed by atoms with E-state index < -0.39 is 5.60 Å². The topological polar surface area (TPSA) is 20.2 Å². The summed E-state index contributed by atoms with van der Waals surface area (Å²) < 4.78 is 0. The minimum absolute atomic E-state index is 1.06. The number of hydrogen-bond donors (Lipinski definition) is 1. The minimum atomic E-state index is -1.06. The zero-order valence-corrected chi connectivity index (χ0v) is 5.18. The van der Waals surface area contributed by atoms with E-state index in [1.165, 1.54) is 0 Å². The third-order valence-corrected chi connectivity index (χ3v) is 0.783. The van der Waals surface area contributed by atoms with Gasteiger partial charge < -0.3 is 5.11 Å². The maximum atomic E-state index is 9.00. The van der Waals surface area contributed by atoms with Gasteiger partial charge in [0.2, 0.25) is 0 Å². The summed E-state index contributed by atoms with van der Waals surface area (Å²) in [7, 11) is 0. The van der Waals surface area contributed by atoms with Crippen LogP contribution in [-0.4, -0.2) is 10.7 Å². The molecule has 1 heteroatoms. The summed E-state index contributed by atoms with van der Waals surface area (Å²) in [5, 5.41) is 9.00. The molecule has 0 aromatic carbocycles. The molecule has 0 amide bonds. The molecule has 0 radical (unpaired) electrons. The number of hydrogen-bond acceptors (Lipinski definition) is 1. The van der Waals surface area contributed by atoms with Crippen LogP contribution >= 0.6 is 0 Å². The first-order valence-electron chi connectivity index (χ1n) is 2.46. The van der Waals surface area contributed by atoms with Crippen molar-refractivity contribution in [3.63, 3.8) is 0 Å². The van der Waals surface area contributed by atoms with E-state index >= 15 is 0 Å². The molecule has 44 valence electrons. The van der Waals surface area contributed by atoms with Crippen molar-refractivity contribution in [1.82, 2.24) is 0 Å². The Kier molecular flexibility index (Phi) is 2.30. The third kappa shape index (κ3) is 2.44. The highest BCUT2D eigenvalue weighted by atomic mass is 16.3. The Morgan fingerprint density at radius 1 is 1.75 bits per heavy atom. The molecule has 0 heterocycles. The van der Waals surface area contributed by atoms with E-state index in [0.717, 1.165) is 0 Å². The van der Waals surface area contributed by atoms with Crippen LogP contribution in [0.5, 0.6) is 0 Å². The highest BCUT2D eigenvalue weighted by Gasteiger charge is 2.08. The molecule has 0 saturated carbocycles. The van der Waals surface area contributed by atoms with Gasteiger partial charge in [-0.1, -0.05) is 12.0 Å². The van der Waals surface area contributed by atoms with E-state index in [-0.39, 0.29) is 0 Å². The number of aliphatic hydroxyl groups is 1. The van der Waals surface area contributed by atoms with Gasteiger partial charge in [-0.25, -0.2) is 0 Å².